The zero-order valence-electron chi connectivity index (χ0n) is 13.3. The Labute approximate surface area is 118 Å². The lowest BCUT2D eigenvalue weighted by molar-refractivity contribution is 0.324. The highest BCUT2D eigenvalue weighted by Crippen LogP contribution is 2.27. The second-order valence-electron chi connectivity index (χ2n) is 5.50. The average molecular weight is 263 g/mol. The average Bonchev–Trinajstić information content (AvgIpc) is 2.39. The van der Waals surface area contributed by atoms with Gasteiger partial charge in [-0.05, 0) is 38.3 Å². The maximum atomic E-state index is 5.50. The van der Waals surface area contributed by atoms with Crippen LogP contribution in [0.3, 0.4) is 0 Å². The molecular formula is C17H29NO. The summed E-state index contributed by atoms with van der Waals surface area (Å²) in [5.74, 6) is 1.72. The molecule has 0 bridgehead atoms. The third kappa shape index (κ3) is 4.24. The minimum atomic E-state index is 0.311. The molecule has 2 unspecified atom stereocenters. The summed E-state index contributed by atoms with van der Waals surface area (Å²) in [6, 6.07) is 7.26. The van der Waals surface area contributed by atoms with Crippen LogP contribution in [-0.4, -0.2) is 13.2 Å². The van der Waals surface area contributed by atoms with Crippen molar-refractivity contribution in [2.75, 3.05) is 7.11 Å². The summed E-state index contributed by atoms with van der Waals surface area (Å²) in [5, 5.41) is 3.71. The van der Waals surface area contributed by atoms with Gasteiger partial charge in [0.25, 0.3) is 0 Å². The van der Waals surface area contributed by atoms with Gasteiger partial charge in [-0.1, -0.05) is 38.8 Å². The maximum Gasteiger partial charge on any atom is 0.123 e. The Morgan fingerprint density at radius 2 is 1.79 bits per heavy atom. The third-order valence-electron chi connectivity index (χ3n) is 4.12. The first-order valence-electron chi connectivity index (χ1n) is 7.44. The Morgan fingerprint density at radius 3 is 2.32 bits per heavy atom. The van der Waals surface area contributed by atoms with Gasteiger partial charge < -0.3 is 10.1 Å². The molecule has 1 aromatic rings. The van der Waals surface area contributed by atoms with Crippen molar-refractivity contribution in [3.05, 3.63) is 29.3 Å². The maximum absolute atomic E-state index is 5.50. The molecule has 0 saturated carbocycles. The van der Waals surface area contributed by atoms with Crippen LogP contribution in [0.15, 0.2) is 18.2 Å². The fourth-order valence-electron chi connectivity index (χ4n) is 2.79. The first kappa shape index (κ1) is 16.0. The highest BCUT2D eigenvalue weighted by Gasteiger charge is 2.18. The van der Waals surface area contributed by atoms with Crippen molar-refractivity contribution in [1.82, 2.24) is 5.32 Å². The zero-order chi connectivity index (χ0) is 14.4. The van der Waals surface area contributed by atoms with E-state index in [9.17, 15) is 0 Å². The molecule has 0 aromatic heterocycles. The van der Waals surface area contributed by atoms with Crippen molar-refractivity contribution in [3.8, 4) is 5.75 Å². The van der Waals surface area contributed by atoms with Gasteiger partial charge in [-0.25, -0.2) is 0 Å². The number of hydrogen-bond acceptors (Lipinski definition) is 2. The number of hydrogen-bond donors (Lipinski definition) is 1. The van der Waals surface area contributed by atoms with Crippen LogP contribution in [0.1, 0.15) is 57.7 Å². The normalized spacial score (nSPS) is 14.5. The molecule has 0 saturated heterocycles. The lowest BCUT2D eigenvalue weighted by Gasteiger charge is -2.27. The molecule has 0 spiro atoms. The molecule has 1 aromatic carbocycles. The Balaban J connectivity index is 2.80. The van der Waals surface area contributed by atoms with Crippen LogP contribution >= 0.6 is 0 Å². The summed E-state index contributed by atoms with van der Waals surface area (Å²) >= 11 is 0. The fourth-order valence-corrected chi connectivity index (χ4v) is 2.79. The van der Waals surface area contributed by atoms with Gasteiger partial charge in [0.1, 0.15) is 5.75 Å². The largest absolute Gasteiger partial charge is 0.496 e. The topological polar surface area (TPSA) is 21.3 Å². The monoisotopic (exact) mass is 263 g/mol. The molecule has 0 amide bonds. The zero-order valence-corrected chi connectivity index (χ0v) is 13.3. The van der Waals surface area contributed by atoms with E-state index in [4.69, 9.17) is 4.74 Å². The molecule has 108 valence electrons. The number of methoxy groups -OCH3 is 1. The number of benzene rings is 1. The Kier molecular flexibility index (Phi) is 6.36. The van der Waals surface area contributed by atoms with E-state index >= 15 is 0 Å². The molecule has 2 heteroatoms. The molecule has 0 heterocycles. The first-order valence-corrected chi connectivity index (χ1v) is 7.44. The van der Waals surface area contributed by atoms with E-state index < -0.39 is 0 Å². The molecule has 2 atom stereocenters. The molecule has 2 nitrogen and oxygen atoms in total. The van der Waals surface area contributed by atoms with Crippen molar-refractivity contribution in [3.63, 3.8) is 0 Å². The quantitative estimate of drug-likeness (QED) is 0.783. The fraction of sp³-hybridized carbons (Fsp3) is 0.647. The lowest BCUT2D eigenvalue weighted by Crippen LogP contribution is -2.35. The van der Waals surface area contributed by atoms with Crippen LogP contribution in [0.25, 0.3) is 0 Å². The van der Waals surface area contributed by atoms with Crippen molar-refractivity contribution >= 4 is 0 Å². The van der Waals surface area contributed by atoms with E-state index in [1.165, 1.54) is 24.0 Å². The molecule has 19 heavy (non-hydrogen) atoms. The number of ether oxygens (including phenoxy) is 1. The lowest BCUT2D eigenvalue weighted by atomic mass is 9.94. The Morgan fingerprint density at radius 1 is 1.16 bits per heavy atom. The van der Waals surface area contributed by atoms with Crippen LogP contribution in [0, 0.1) is 12.8 Å². The van der Waals surface area contributed by atoms with Crippen molar-refractivity contribution in [2.24, 2.45) is 5.92 Å². The second kappa shape index (κ2) is 7.54. The second-order valence-corrected chi connectivity index (χ2v) is 5.50. The van der Waals surface area contributed by atoms with Gasteiger partial charge in [0.15, 0.2) is 0 Å². The predicted octanol–water partition coefficient (Wildman–Crippen LogP) is 4.48. The van der Waals surface area contributed by atoms with E-state index in [1.807, 2.05) is 0 Å². The SMILES string of the molecule is CCC(CC)C(C)NC(C)c1ccc(C)cc1OC. The van der Waals surface area contributed by atoms with Gasteiger partial charge >= 0.3 is 0 Å². The van der Waals surface area contributed by atoms with Crippen LogP contribution in [0.5, 0.6) is 5.75 Å². The standard InChI is InChI=1S/C17H29NO/c1-7-15(8-2)13(4)18-14(5)16-10-9-12(3)11-17(16)19-6/h9-11,13-15,18H,7-8H2,1-6H3. The summed E-state index contributed by atoms with van der Waals surface area (Å²) in [6.45, 7) is 11.1. The summed E-state index contributed by atoms with van der Waals surface area (Å²) in [6.07, 6.45) is 2.45. The van der Waals surface area contributed by atoms with Crippen molar-refractivity contribution in [2.45, 2.75) is 59.5 Å². The molecule has 0 fully saturated rings. The number of rotatable bonds is 7. The molecule has 0 radical (unpaired) electrons. The van der Waals surface area contributed by atoms with Crippen LogP contribution in [-0.2, 0) is 0 Å². The Bertz CT molecular complexity index is 385. The van der Waals surface area contributed by atoms with Gasteiger partial charge in [-0.3, -0.25) is 0 Å². The van der Waals surface area contributed by atoms with Gasteiger partial charge in [-0.15, -0.1) is 0 Å². The summed E-state index contributed by atoms with van der Waals surface area (Å²) in [4.78, 5) is 0. The number of aryl methyl sites for hydroxylation is 1. The number of nitrogens with one attached hydrogen (secondary N) is 1. The third-order valence-corrected chi connectivity index (χ3v) is 4.12. The van der Waals surface area contributed by atoms with Gasteiger partial charge in [0.05, 0.1) is 7.11 Å². The highest BCUT2D eigenvalue weighted by atomic mass is 16.5. The van der Waals surface area contributed by atoms with E-state index in [0.29, 0.717) is 12.1 Å². The van der Waals surface area contributed by atoms with Gasteiger partial charge in [0.2, 0.25) is 0 Å². The first-order chi connectivity index (χ1) is 9.03. The van der Waals surface area contributed by atoms with Gasteiger partial charge in [0, 0.05) is 17.6 Å². The molecule has 1 rings (SSSR count). The van der Waals surface area contributed by atoms with Crippen LogP contribution < -0.4 is 10.1 Å². The molecule has 0 aliphatic rings. The summed E-state index contributed by atoms with van der Waals surface area (Å²) in [5.41, 5.74) is 2.48. The van der Waals surface area contributed by atoms with Crippen molar-refractivity contribution in [1.29, 1.82) is 0 Å². The van der Waals surface area contributed by atoms with Crippen LogP contribution in [0.4, 0.5) is 0 Å². The van der Waals surface area contributed by atoms with E-state index in [-0.39, 0.29) is 0 Å². The molecular weight excluding hydrogens is 234 g/mol. The molecule has 0 aliphatic carbocycles. The van der Waals surface area contributed by atoms with Gasteiger partial charge in [-0.2, -0.15) is 0 Å². The minimum absolute atomic E-state index is 0.311. The van der Waals surface area contributed by atoms with E-state index in [1.54, 1.807) is 7.11 Å². The summed E-state index contributed by atoms with van der Waals surface area (Å²) < 4.78 is 5.50. The highest BCUT2D eigenvalue weighted by molar-refractivity contribution is 5.39. The molecule has 0 aliphatic heterocycles. The summed E-state index contributed by atoms with van der Waals surface area (Å²) in [7, 11) is 1.75. The van der Waals surface area contributed by atoms with Crippen LogP contribution in [0.2, 0.25) is 0 Å². The van der Waals surface area contributed by atoms with E-state index in [0.717, 1.165) is 11.7 Å². The van der Waals surface area contributed by atoms with E-state index in [2.05, 4.69) is 58.1 Å². The minimum Gasteiger partial charge on any atom is -0.496 e. The van der Waals surface area contributed by atoms with Crippen molar-refractivity contribution < 1.29 is 4.74 Å². The Hall–Kier alpha value is -1.02. The predicted molar refractivity (Wildman–Crippen MR) is 82.8 cm³/mol. The molecule has 1 N–H and O–H groups in total. The smallest absolute Gasteiger partial charge is 0.123 e.